The third kappa shape index (κ3) is 7.22. The highest BCUT2D eigenvalue weighted by Crippen LogP contribution is 2.17. The summed E-state index contributed by atoms with van der Waals surface area (Å²) in [7, 11) is 0. The number of carbonyl (C=O) groups excluding carboxylic acids is 1. The molecular weight excluding hydrogens is 400 g/mol. The van der Waals surface area contributed by atoms with Crippen LogP contribution in [0.5, 0.6) is 0 Å². The molecule has 0 aliphatic carbocycles. The van der Waals surface area contributed by atoms with Gasteiger partial charge in [0.25, 0.3) is 0 Å². The number of benzene rings is 3. The SMILES string of the molecule is CCc1cccc(CNC(Cc2ccccc2)[C@@H](O)[C@H](Cc2ccccc2)OC(N)=O)c1. The van der Waals surface area contributed by atoms with E-state index in [-0.39, 0.29) is 6.04 Å². The number of primary amides is 1. The zero-order valence-corrected chi connectivity index (χ0v) is 18.5. The monoisotopic (exact) mass is 432 g/mol. The molecule has 3 aromatic rings. The Labute approximate surface area is 190 Å². The minimum absolute atomic E-state index is 0.337. The highest BCUT2D eigenvalue weighted by atomic mass is 16.6. The van der Waals surface area contributed by atoms with Crippen LogP contribution >= 0.6 is 0 Å². The number of nitrogens with two attached hydrogens (primary N) is 1. The number of aryl methyl sites for hydroxylation is 1. The average Bonchev–Trinajstić information content (AvgIpc) is 2.82. The lowest BCUT2D eigenvalue weighted by atomic mass is 9.93. The van der Waals surface area contributed by atoms with E-state index in [0.29, 0.717) is 19.4 Å². The van der Waals surface area contributed by atoms with Gasteiger partial charge in [-0.25, -0.2) is 4.79 Å². The van der Waals surface area contributed by atoms with Crippen molar-refractivity contribution >= 4 is 6.09 Å². The highest BCUT2D eigenvalue weighted by molar-refractivity contribution is 5.64. The van der Waals surface area contributed by atoms with Crippen LogP contribution in [0.25, 0.3) is 0 Å². The van der Waals surface area contributed by atoms with Gasteiger partial charge in [-0.05, 0) is 35.1 Å². The molecule has 0 aliphatic heterocycles. The molecule has 0 saturated heterocycles. The molecule has 0 radical (unpaired) electrons. The molecule has 0 saturated carbocycles. The van der Waals surface area contributed by atoms with E-state index in [1.54, 1.807) is 0 Å². The van der Waals surface area contributed by atoms with E-state index in [2.05, 4.69) is 30.4 Å². The highest BCUT2D eigenvalue weighted by Gasteiger charge is 2.30. The summed E-state index contributed by atoms with van der Waals surface area (Å²) in [6, 6.07) is 27.7. The van der Waals surface area contributed by atoms with Crippen molar-refractivity contribution < 1.29 is 14.6 Å². The average molecular weight is 433 g/mol. The molecule has 5 heteroatoms. The summed E-state index contributed by atoms with van der Waals surface area (Å²) < 4.78 is 5.37. The predicted octanol–water partition coefficient (Wildman–Crippen LogP) is 4.02. The van der Waals surface area contributed by atoms with Gasteiger partial charge in [0.1, 0.15) is 12.2 Å². The van der Waals surface area contributed by atoms with E-state index in [0.717, 1.165) is 23.1 Å². The van der Waals surface area contributed by atoms with Crippen molar-refractivity contribution in [3.05, 3.63) is 107 Å². The van der Waals surface area contributed by atoms with Gasteiger partial charge < -0.3 is 20.9 Å². The Hall–Kier alpha value is -3.15. The maximum Gasteiger partial charge on any atom is 0.404 e. The Morgan fingerprint density at radius 1 is 0.875 bits per heavy atom. The van der Waals surface area contributed by atoms with Gasteiger partial charge >= 0.3 is 6.09 Å². The normalized spacial score (nSPS) is 13.8. The van der Waals surface area contributed by atoms with Crippen molar-refractivity contribution in [1.82, 2.24) is 5.32 Å². The van der Waals surface area contributed by atoms with Gasteiger partial charge in [-0.1, -0.05) is 91.9 Å². The number of carbonyl (C=O) groups is 1. The second-order valence-corrected chi connectivity index (χ2v) is 8.01. The van der Waals surface area contributed by atoms with Gasteiger partial charge in [-0.3, -0.25) is 0 Å². The third-order valence-electron chi connectivity index (χ3n) is 5.61. The summed E-state index contributed by atoms with van der Waals surface area (Å²) in [4.78, 5) is 11.6. The van der Waals surface area contributed by atoms with Gasteiger partial charge in [0.2, 0.25) is 0 Å². The molecule has 1 unspecified atom stereocenters. The van der Waals surface area contributed by atoms with E-state index in [9.17, 15) is 9.90 Å². The second-order valence-electron chi connectivity index (χ2n) is 8.01. The zero-order chi connectivity index (χ0) is 22.8. The second kappa shape index (κ2) is 12.0. The zero-order valence-electron chi connectivity index (χ0n) is 18.5. The fourth-order valence-corrected chi connectivity index (χ4v) is 3.88. The Bertz CT molecular complexity index is 963. The molecule has 3 aromatic carbocycles. The molecular formula is C27H32N2O3. The first-order chi connectivity index (χ1) is 15.5. The smallest absolute Gasteiger partial charge is 0.404 e. The van der Waals surface area contributed by atoms with Crippen molar-refractivity contribution in [2.75, 3.05) is 0 Å². The molecule has 168 valence electrons. The maximum absolute atomic E-state index is 11.6. The Morgan fingerprint density at radius 2 is 1.44 bits per heavy atom. The lowest BCUT2D eigenvalue weighted by molar-refractivity contribution is -0.0131. The quantitative estimate of drug-likeness (QED) is 0.427. The third-order valence-corrected chi connectivity index (χ3v) is 5.61. The van der Waals surface area contributed by atoms with Crippen LogP contribution in [0.15, 0.2) is 84.9 Å². The first-order valence-electron chi connectivity index (χ1n) is 11.1. The van der Waals surface area contributed by atoms with E-state index in [4.69, 9.17) is 10.5 Å². The lowest BCUT2D eigenvalue weighted by Gasteiger charge is -2.30. The Balaban J connectivity index is 1.80. The van der Waals surface area contributed by atoms with E-state index in [1.165, 1.54) is 5.56 Å². The van der Waals surface area contributed by atoms with Gasteiger partial charge in [0, 0.05) is 19.0 Å². The van der Waals surface area contributed by atoms with Crippen LogP contribution in [0, 0.1) is 0 Å². The van der Waals surface area contributed by atoms with E-state index < -0.39 is 18.3 Å². The summed E-state index contributed by atoms with van der Waals surface area (Å²) >= 11 is 0. The minimum Gasteiger partial charge on any atom is -0.443 e. The standard InChI is InChI=1S/C27H32N2O3/c1-2-20-14-9-15-23(16-20)19-29-24(17-21-10-5-3-6-11-21)26(30)25(32-27(28)31)18-22-12-7-4-8-13-22/h3-16,24-26,29-30H,2,17-19H2,1H3,(H2,28,31)/t24?,25-,26+/m0/s1. The molecule has 3 rings (SSSR count). The molecule has 0 bridgehead atoms. The summed E-state index contributed by atoms with van der Waals surface area (Å²) in [6.07, 6.45) is -0.670. The largest absolute Gasteiger partial charge is 0.443 e. The molecule has 0 fully saturated rings. The number of hydrogen-bond acceptors (Lipinski definition) is 4. The molecule has 1 amide bonds. The molecule has 0 aliphatic rings. The Kier molecular flexibility index (Phi) is 8.84. The number of hydrogen-bond donors (Lipinski definition) is 3. The molecule has 0 spiro atoms. The first kappa shape index (κ1) is 23.5. The molecule has 5 nitrogen and oxygen atoms in total. The summed E-state index contributed by atoms with van der Waals surface area (Å²) in [5.74, 6) is 0. The van der Waals surface area contributed by atoms with Crippen LogP contribution in [0.4, 0.5) is 4.79 Å². The number of nitrogens with one attached hydrogen (secondary N) is 1. The van der Waals surface area contributed by atoms with Crippen molar-refractivity contribution in [3.8, 4) is 0 Å². The Morgan fingerprint density at radius 3 is 2.03 bits per heavy atom. The summed E-state index contributed by atoms with van der Waals surface area (Å²) in [5.41, 5.74) is 9.80. The number of ether oxygens (including phenoxy) is 1. The van der Waals surface area contributed by atoms with Crippen LogP contribution in [-0.4, -0.2) is 29.4 Å². The molecule has 3 atom stereocenters. The summed E-state index contributed by atoms with van der Waals surface area (Å²) in [5, 5.41) is 14.8. The fourth-order valence-electron chi connectivity index (χ4n) is 3.88. The van der Waals surface area contributed by atoms with Crippen molar-refractivity contribution in [3.63, 3.8) is 0 Å². The van der Waals surface area contributed by atoms with Crippen molar-refractivity contribution in [2.24, 2.45) is 5.73 Å². The topological polar surface area (TPSA) is 84.6 Å². The summed E-state index contributed by atoms with van der Waals surface area (Å²) in [6.45, 7) is 2.72. The molecule has 0 aromatic heterocycles. The number of amides is 1. The molecule has 0 heterocycles. The van der Waals surface area contributed by atoms with Crippen LogP contribution < -0.4 is 11.1 Å². The number of aliphatic hydroxyl groups is 1. The first-order valence-corrected chi connectivity index (χ1v) is 11.1. The minimum atomic E-state index is -0.947. The van der Waals surface area contributed by atoms with Crippen molar-refractivity contribution in [1.29, 1.82) is 0 Å². The van der Waals surface area contributed by atoms with E-state index in [1.807, 2.05) is 66.7 Å². The van der Waals surface area contributed by atoms with Crippen LogP contribution in [0.2, 0.25) is 0 Å². The fraction of sp³-hybridized carbons (Fsp3) is 0.296. The van der Waals surface area contributed by atoms with E-state index >= 15 is 0 Å². The number of rotatable bonds is 11. The predicted molar refractivity (Wildman–Crippen MR) is 127 cm³/mol. The molecule has 4 N–H and O–H groups in total. The van der Waals surface area contributed by atoms with Crippen molar-refractivity contribution in [2.45, 2.75) is 51.0 Å². The van der Waals surface area contributed by atoms with Gasteiger partial charge in [-0.15, -0.1) is 0 Å². The van der Waals surface area contributed by atoms with Crippen LogP contribution in [0.3, 0.4) is 0 Å². The van der Waals surface area contributed by atoms with Gasteiger partial charge in [-0.2, -0.15) is 0 Å². The molecule has 32 heavy (non-hydrogen) atoms. The lowest BCUT2D eigenvalue weighted by Crippen LogP contribution is -2.50. The number of aliphatic hydroxyl groups excluding tert-OH is 1. The maximum atomic E-state index is 11.6. The van der Waals surface area contributed by atoms with Crippen LogP contribution in [-0.2, 0) is 30.5 Å². The van der Waals surface area contributed by atoms with Gasteiger partial charge in [0.05, 0.1) is 0 Å². The van der Waals surface area contributed by atoms with Crippen LogP contribution in [0.1, 0.15) is 29.2 Å². The van der Waals surface area contributed by atoms with Gasteiger partial charge in [0.15, 0.2) is 0 Å².